The van der Waals surface area contributed by atoms with E-state index in [1.54, 1.807) is 5.01 Å². The number of aromatic nitrogens is 3. The molecule has 8 heteroatoms. The molecule has 1 aliphatic carbocycles. The van der Waals surface area contributed by atoms with Crippen LogP contribution in [0.25, 0.3) is 11.0 Å². The molecule has 1 aliphatic rings. The van der Waals surface area contributed by atoms with Crippen molar-refractivity contribution in [2.24, 2.45) is 0 Å². The lowest BCUT2D eigenvalue weighted by atomic mass is 10.2. The van der Waals surface area contributed by atoms with E-state index < -0.39 is 17.2 Å². The second-order valence-electron chi connectivity index (χ2n) is 7.80. The minimum absolute atomic E-state index is 0.0495. The summed E-state index contributed by atoms with van der Waals surface area (Å²) < 4.78 is 1.50. The van der Waals surface area contributed by atoms with Crippen LogP contribution in [0.2, 0.25) is 0 Å². The number of amides is 1. The molecule has 2 aromatic heterocycles. The van der Waals surface area contributed by atoms with Crippen molar-refractivity contribution in [3.8, 4) is 0 Å². The Bertz CT molecular complexity index is 1390. The largest absolute Gasteiger partial charge is 0.330 e. The summed E-state index contributed by atoms with van der Waals surface area (Å²) in [5, 5.41) is 1.97. The summed E-state index contributed by atoms with van der Waals surface area (Å²) in [5.74, 6) is -0.400. The number of pyridine rings is 1. The number of hydrogen-bond donors (Lipinski definition) is 2. The van der Waals surface area contributed by atoms with Crippen molar-refractivity contribution in [3.63, 3.8) is 0 Å². The van der Waals surface area contributed by atoms with Crippen LogP contribution < -0.4 is 21.7 Å². The molecule has 8 nitrogen and oxygen atoms in total. The van der Waals surface area contributed by atoms with Gasteiger partial charge in [0.25, 0.3) is 11.5 Å². The Morgan fingerprint density at radius 2 is 1.75 bits per heavy atom. The van der Waals surface area contributed by atoms with Gasteiger partial charge in [0.05, 0.1) is 23.2 Å². The van der Waals surface area contributed by atoms with E-state index in [0.717, 1.165) is 24.1 Å². The van der Waals surface area contributed by atoms with Gasteiger partial charge in [-0.1, -0.05) is 48.5 Å². The van der Waals surface area contributed by atoms with Crippen LogP contribution >= 0.6 is 0 Å². The number of para-hydroxylation sites is 1. The molecule has 160 valence electrons. The monoisotopic (exact) mass is 427 g/mol. The summed E-state index contributed by atoms with van der Waals surface area (Å²) in [4.78, 5) is 44.4. The van der Waals surface area contributed by atoms with E-state index in [2.05, 4.69) is 15.4 Å². The zero-order valence-electron chi connectivity index (χ0n) is 17.2. The second kappa shape index (κ2) is 8.14. The molecule has 2 N–H and O–H groups in total. The zero-order chi connectivity index (χ0) is 22.1. The maximum atomic E-state index is 13.1. The third-order valence-corrected chi connectivity index (χ3v) is 5.44. The molecule has 0 atom stereocenters. The van der Waals surface area contributed by atoms with Gasteiger partial charge in [-0.25, -0.2) is 9.78 Å². The highest BCUT2D eigenvalue weighted by Gasteiger charge is 2.28. The molecule has 0 bridgehead atoms. The molecule has 2 heterocycles. The van der Waals surface area contributed by atoms with Gasteiger partial charge in [-0.15, -0.1) is 0 Å². The summed E-state index contributed by atoms with van der Waals surface area (Å²) >= 11 is 0. The van der Waals surface area contributed by atoms with Gasteiger partial charge in [-0.05, 0) is 36.6 Å². The molecule has 0 radical (unpaired) electrons. The van der Waals surface area contributed by atoms with Gasteiger partial charge in [0.15, 0.2) is 0 Å². The van der Waals surface area contributed by atoms with E-state index in [1.807, 2.05) is 60.7 Å². The van der Waals surface area contributed by atoms with Gasteiger partial charge >= 0.3 is 5.69 Å². The van der Waals surface area contributed by atoms with Gasteiger partial charge < -0.3 is 0 Å². The fourth-order valence-electron chi connectivity index (χ4n) is 3.69. The molecular weight excluding hydrogens is 406 g/mol. The first-order valence-electron chi connectivity index (χ1n) is 10.4. The SMILES string of the molecule is O=C(NN(Cc1ccccc1)c1ccccc1)c1cnc2c(c1)c(=O)[nH]c(=O)n2C1CC1. The summed E-state index contributed by atoms with van der Waals surface area (Å²) in [6.07, 6.45) is 3.15. The first-order chi connectivity index (χ1) is 15.6. The second-order valence-corrected chi connectivity index (χ2v) is 7.80. The van der Waals surface area contributed by atoms with E-state index in [0.29, 0.717) is 12.2 Å². The summed E-state index contributed by atoms with van der Waals surface area (Å²) in [5.41, 5.74) is 4.29. The van der Waals surface area contributed by atoms with Crippen LogP contribution in [0.4, 0.5) is 5.69 Å². The molecule has 4 aromatic rings. The maximum absolute atomic E-state index is 13.1. The number of H-pyrrole nitrogens is 1. The van der Waals surface area contributed by atoms with Crippen LogP contribution in [0.1, 0.15) is 34.8 Å². The average molecular weight is 427 g/mol. The van der Waals surface area contributed by atoms with Crippen molar-refractivity contribution in [2.45, 2.75) is 25.4 Å². The molecule has 0 aliphatic heterocycles. The summed E-state index contributed by atoms with van der Waals surface area (Å²) in [6, 6.07) is 20.8. The predicted octanol–water partition coefficient (Wildman–Crippen LogP) is 2.77. The van der Waals surface area contributed by atoms with Crippen LogP contribution in [0.3, 0.4) is 0 Å². The lowest BCUT2D eigenvalue weighted by Crippen LogP contribution is -2.42. The minimum atomic E-state index is -0.548. The fraction of sp³-hybridized carbons (Fsp3) is 0.167. The highest BCUT2D eigenvalue weighted by Crippen LogP contribution is 2.34. The predicted molar refractivity (Wildman–Crippen MR) is 121 cm³/mol. The van der Waals surface area contributed by atoms with Crippen molar-refractivity contribution in [1.29, 1.82) is 0 Å². The smallest absolute Gasteiger partial charge is 0.281 e. The fourth-order valence-corrected chi connectivity index (χ4v) is 3.69. The van der Waals surface area contributed by atoms with Crippen molar-refractivity contribution >= 4 is 22.6 Å². The molecule has 1 amide bonds. The summed E-state index contributed by atoms with van der Waals surface area (Å²) in [6.45, 7) is 0.458. The number of aromatic amines is 1. The van der Waals surface area contributed by atoms with Crippen molar-refractivity contribution in [3.05, 3.63) is 105 Å². The molecule has 0 spiro atoms. The van der Waals surface area contributed by atoms with E-state index in [1.165, 1.54) is 16.8 Å². The Hall–Kier alpha value is -4.20. The molecule has 1 saturated carbocycles. The van der Waals surface area contributed by atoms with Gasteiger partial charge in [-0.3, -0.25) is 29.6 Å². The molecule has 0 unspecified atom stereocenters. The zero-order valence-corrected chi connectivity index (χ0v) is 17.2. The van der Waals surface area contributed by atoms with Crippen LogP contribution in [0.15, 0.2) is 82.5 Å². The number of carbonyl (C=O) groups excluding carboxylic acids is 1. The normalized spacial score (nSPS) is 13.1. The quantitative estimate of drug-likeness (QED) is 0.461. The van der Waals surface area contributed by atoms with Gasteiger partial charge in [-0.2, -0.15) is 0 Å². The molecular formula is C24H21N5O3. The van der Waals surface area contributed by atoms with Crippen LogP contribution in [0.5, 0.6) is 0 Å². The lowest BCUT2D eigenvalue weighted by molar-refractivity contribution is 0.0948. The Morgan fingerprint density at radius 1 is 1.06 bits per heavy atom. The third-order valence-electron chi connectivity index (χ3n) is 5.44. The van der Waals surface area contributed by atoms with E-state index in [9.17, 15) is 14.4 Å². The molecule has 1 fully saturated rings. The minimum Gasteiger partial charge on any atom is -0.281 e. The van der Waals surface area contributed by atoms with Crippen LogP contribution in [-0.2, 0) is 6.54 Å². The standard InChI is InChI=1S/C24H21N5O3/c30-22(27-28(18-9-5-2-6-10-18)15-16-7-3-1-4-8-16)17-13-20-21(25-14-17)29(19-11-12-19)24(32)26-23(20)31/h1-10,13-14,19H,11-12,15H2,(H,27,30)(H,26,31,32). The number of hydrazine groups is 1. The highest BCUT2D eigenvalue weighted by molar-refractivity contribution is 5.97. The van der Waals surface area contributed by atoms with Crippen LogP contribution in [-0.4, -0.2) is 20.4 Å². The highest BCUT2D eigenvalue weighted by atomic mass is 16.2. The van der Waals surface area contributed by atoms with E-state index >= 15 is 0 Å². The Labute approximate surface area is 183 Å². The van der Waals surface area contributed by atoms with E-state index in [-0.39, 0.29) is 17.0 Å². The summed E-state index contributed by atoms with van der Waals surface area (Å²) in [7, 11) is 0. The van der Waals surface area contributed by atoms with E-state index in [4.69, 9.17) is 0 Å². The number of carbonyl (C=O) groups is 1. The van der Waals surface area contributed by atoms with Crippen molar-refractivity contribution in [2.75, 3.05) is 5.01 Å². The molecule has 5 rings (SSSR count). The number of anilines is 1. The third kappa shape index (κ3) is 3.90. The number of fused-ring (bicyclic) bond motifs is 1. The first kappa shape index (κ1) is 19.7. The van der Waals surface area contributed by atoms with Crippen LogP contribution in [0, 0.1) is 0 Å². The maximum Gasteiger partial charge on any atom is 0.330 e. The lowest BCUT2D eigenvalue weighted by Gasteiger charge is -2.25. The van der Waals surface area contributed by atoms with Gasteiger partial charge in [0.2, 0.25) is 0 Å². The number of benzene rings is 2. The topological polar surface area (TPSA) is 100 Å². The molecule has 2 aromatic carbocycles. The Kier molecular flexibility index (Phi) is 5.03. The molecule has 0 saturated heterocycles. The number of hydrogen-bond acceptors (Lipinski definition) is 5. The first-order valence-corrected chi connectivity index (χ1v) is 10.4. The van der Waals surface area contributed by atoms with Gasteiger partial charge in [0, 0.05) is 12.2 Å². The Morgan fingerprint density at radius 3 is 2.44 bits per heavy atom. The number of nitrogens with zero attached hydrogens (tertiary/aromatic N) is 3. The van der Waals surface area contributed by atoms with Gasteiger partial charge in [0.1, 0.15) is 5.65 Å². The average Bonchev–Trinajstić information content (AvgIpc) is 3.65. The molecule has 32 heavy (non-hydrogen) atoms. The number of nitrogens with one attached hydrogen (secondary N) is 2. The number of rotatable bonds is 6. The van der Waals surface area contributed by atoms with Crippen molar-refractivity contribution < 1.29 is 4.79 Å². The van der Waals surface area contributed by atoms with Crippen molar-refractivity contribution in [1.82, 2.24) is 20.0 Å². The Balaban J connectivity index is 1.48.